The van der Waals surface area contributed by atoms with Crippen molar-refractivity contribution in [3.8, 4) is 0 Å². The number of guanidine groups is 1. The van der Waals surface area contributed by atoms with E-state index in [-0.39, 0.29) is 5.41 Å². The van der Waals surface area contributed by atoms with E-state index in [1.54, 1.807) is 0 Å². The Bertz CT molecular complexity index is 713. The van der Waals surface area contributed by atoms with Crippen LogP contribution in [0.1, 0.15) is 44.5 Å². The summed E-state index contributed by atoms with van der Waals surface area (Å²) in [5.74, 6) is 2.49. The number of imidazole rings is 1. The van der Waals surface area contributed by atoms with Crippen molar-refractivity contribution in [2.45, 2.75) is 51.6 Å². The first-order valence-electron chi connectivity index (χ1n) is 9.63. The molecule has 0 aliphatic heterocycles. The zero-order valence-electron chi connectivity index (χ0n) is 16.2. The van der Waals surface area contributed by atoms with Crippen LogP contribution in [-0.2, 0) is 18.5 Å². The smallest absolute Gasteiger partial charge is 0.191 e. The molecule has 0 atom stereocenters. The lowest BCUT2D eigenvalue weighted by atomic mass is 9.64. The Balaban J connectivity index is 1.56. The van der Waals surface area contributed by atoms with Crippen molar-refractivity contribution >= 4 is 5.96 Å². The lowest BCUT2D eigenvalue weighted by molar-refractivity contribution is 0.244. The Morgan fingerprint density at radius 2 is 2.00 bits per heavy atom. The number of hydrogen-bond acceptors (Lipinski definition) is 2. The molecule has 1 fully saturated rings. The molecule has 0 unspecified atom stereocenters. The highest BCUT2D eigenvalue weighted by Gasteiger charge is 2.38. The molecule has 0 radical (unpaired) electrons. The summed E-state index contributed by atoms with van der Waals surface area (Å²) in [6.07, 6.45) is 7.69. The fraction of sp³-hybridized carbons (Fsp3) is 0.524. The second-order valence-electron chi connectivity index (χ2n) is 7.67. The largest absolute Gasteiger partial charge is 0.356 e. The molecule has 0 spiro atoms. The summed E-state index contributed by atoms with van der Waals surface area (Å²) in [4.78, 5) is 8.87. The van der Waals surface area contributed by atoms with E-state index in [9.17, 15) is 0 Å². The van der Waals surface area contributed by atoms with Crippen LogP contribution in [0.5, 0.6) is 0 Å². The van der Waals surface area contributed by atoms with Crippen LogP contribution in [0, 0.1) is 5.92 Å². The summed E-state index contributed by atoms with van der Waals surface area (Å²) in [6, 6.07) is 10.9. The van der Waals surface area contributed by atoms with E-state index < -0.39 is 0 Å². The van der Waals surface area contributed by atoms with Crippen LogP contribution in [0.15, 0.2) is 47.7 Å². The summed E-state index contributed by atoms with van der Waals surface area (Å²) in [6.45, 7) is 7.02. The quantitative estimate of drug-likeness (QED) is 0.593. The number of aromatic nitrogens is 2. The average Bonchev–Trinajstić information content (AvgIpc) is 3.04. The van der Waals surface area contributed by atoms with Gasteiger partial charge in [-0.2, -0.15) is 0 Å². The van der Waals surface area contributed by atoms with E-state index in [1.807, 2.05) is 19.4 Å². The lowest BCUT2D eigenvalue weighted by Gasteiger charge is -2.43. The highest BCUT2D eigenvalue weighted by molar-refractivity contribution is 5.79. The molecule has 1 aromatic carbocycles. The van der Waals surface area contributed by atoms with Gasteiger partial charge in [0.25, 0.3) is 0 Å². The van der Waals surface area contributed by atoms with Gasteiger partial charge in [-0.1, -0.05) is 50.6 Å². The zero-order chi connectivity index (χ0) is 18.4. The van der Waals surface area contributed by atoms with Gasteiger partial charge in [0.15, 0.2) is 5.96 Å². The van der Waals surface area contributed by atoms with Gasteiger partial charge >= 0.3 is 0 Å². The van der Waals surface area contributed by atoms with Crippen molar-refractivity contribution in [3.05, 3.63) is 54.1 Å². The van der Waals surface area contributed by atoms with Crippen molar-refractivity contribution in [3.63, 3.8) is 0 Å². The van der Waals surface area contributed by atoms with Gasteiger partial charge in [-0.05, 0) is 24.3 Å². The summed E-state index contributed by atoms with van der Waals surface area (Å²) in [5, 5.41) is 6.95. The van der Waals surface area contributed by atoms with Gasteiger partial charge in [-0.15, -0.1) is 0 Å². The molecule has 0 saturated heterocycles. The molecule has 2 N–H and O–H groups in total. The Morgan fingerprint density at radius 3 is 2.62 bits per heavy atom. The molecule has 1 aliphatic rings. The third kappa shape index (κ3) is 4.26. The maximum atomic E-state index is 4.48. The fourth-order valence-corrected chi connectivity index (χ4v) is 3.67. The molecular weight excluding hydrogens is 322 g/mol. The fourth-order valence-electron chi connectivity index (χ4n) is 3.67. The molecule has 5 heteroatoms. The van der Waals surface area contributed by atoms with Crippen molar-refractivity contribution in [1.29, 1.82) is 0 Å². The predicted molar refractivity (Wildman–Crippen MR) is 107 cm³/mol. The van der Waals surface area contributed by atoms with Crippen molar-refractivity contribution < 1.29 is 0 Å². The highest BCUT2D eigenvalue weighted by Crippen LogP contribution is 2.43. The second kappa shape index (κ2) is 8.39. The molecule has 2 aromatic rings. The molecule has 5 nitrogen and oxygen atoms in total. The highest BCUT2D eigenvalue weighted by atomic mass is 15.2. The maximum absolute atomic E-state index is 4.48. The van der Waals surface area contributed by atoms with Gasteiger partial charge in [0, 0.05) is 37.9 Å². The minimum Gasteiger partial charge on any atom is -0.356 e. The van der Waals surface area contributed by atoms with Crippen LogP contribution in [0.3, 0.4) is 0 Å². The molecule has 3 rings (SSSR count). The number of nitrogens with zero attached hydrogens (tertiary/aromatic N) is 3. The summed E-state index contributed by atoms with van der Waals surface area (Å²) in [5.41, 5.74) is 1.68. The number of aliphatic imine (C=N–C) groups is 1. The molecule has 1 saturated carbocycles. The first kappa shape index (κ1) is 18.5. The molecule has 140 valence electrons. The summed E-state index contributed by atoms with van der Waals surface area (Å²) >= 11 is 0. The molecule has 1 heterocycles. The Hall–Kier alpha value is -2.30. The number of hydrogen-bond donors (Lipinski definition) is 2. The normalized spacial score (nSPS) is 16.4. The van der Waals surface area contributed by atoms with Crippen LogP contribution >= 0.6 is 0 Å². The van der Waals surface area contributed by atoms with Crippen LogP contribution in [0.2, 0.25) is 0 Å². The Morgan fingerprint density at radius 1 is 1.23 bits per heavy atom. The summed E-state index contributed by atoms with van der Waals surface area (Å²) in [7, 11) is 1.83. The van der Waals surface area contributed by atoms with E-state index in [4.69, 9.17) is 0 Å². The average molecular weight is 354 g/mol. The molecule has 1 aromatic heterocycles. The Kier molecular flexibility index (Phi) is 5.96. The lowest BCUT2D eigenvalue weighted by Crippen LogP contribution is -2.48. The maximum Gasteiger partial charge on any atom is 0.191 e. The van der Waals surface area contributed by atoms with Crippen molar-refractivity contribution in [2.75, 3.05) is 13.6 Å². The molecule has 0 bridgehead atoms. The van der Waals surface area contributed by atoms with Gasteiger partial charge in [0.2, 0.25) is 0 Å². The van der Waals surface area contributed by atoms with E-state index in [0.717, 1.165) is 24.9 Å². The SMILES string of the molecule is CN=C(NCc1nccn1CC(C)C)NCC1(c2ccccc2)CCC1. The van der Waals surface area contributed by atoms with Crippen molar-refractivity contribution in [2.24, 2.45) is 10.9 Å². The van der Waals surface area contributed by atoms with Gasteiger partial charge in [-0.25, -0.2) is 4.98 Å². The van der Waals surface area contributed by atoms with Crippen molar-refractivity contribution in [1.82, 2.24) is 20.2 Å². The number of nitrogens with one attached hydrogen (secondary N) is 2. The van der Waals surface area contributed by atoms with Crippen LogP contribution in [0.25, 0.3) is 0 Å². The second-order valence-corrected chi connectivity index (χ2v) is 7.67. The minimum absolute atomic E-state index is 0.245. The third-order valence-electron chi connectivity index (χ3n) is 5.29. The number of rotatable bonds is 7. The van der Waals surface area contributed by atoms with E-state index in [0.29, 0.717) is 12.5 Å². The topological polar surface area (TPSA) is 54.2 Å². The monoisotopic (exact) mass is 353 g/mol. The predicted octanol–water partition coefficient (Wildman–Crippen LogP) is 3.33. The van der Waals surface area contributed by atoms with Crippen LogP contribution < -0.4 is 10.6 Å². The molecule has 0 amide bonds. The first-order chi connectivity index (χ1) is 12.6. The standard InChI is InChI=1S/C21H31N5/c1-17(2)15-26-13-12-23-19(26)14-24-20(22-3)25-16-21(10-7-11-21)18-8-5-4-6-9-18/h4-6,8-9,12-13,17H,7,10-11,14-16H2,1-3H3,(H2,22,24,25). The molecular formula is C21H31N5. The van der Waals surface area contributed by atoms with E-state index in [2.05, 4.69) is 69.4 Å². The van der Waals surface area contributed by atoms with Crippen LogP contribution in [0.4, 0.5) is 0 Å². The molecule has 26 heavy (non-hydrogen) atoms. The van der Waals surface area contributed by atoms with E-state index >= 15 is 0 Å². The number of benzene rings is 1. The first-order valence-corrected chi connectivity index (χ1v) is 9.63. The van der Waals surface area contributed by atoms with Gasteiger partial charge in [0.1, 0.15) is 5.82 Å². The summed E-state index contributed by atoms with van der Waals surface area (Å²) < 4.78 is 2.21. The van der Waals surface area contributed by atoms with Gasteiger partial charge < -0.3 is 15.2 Å². The van der Waals surface area contributed by atoms with Gasteiger partial charge in [0.05, 0.1) is 6.54 Å². The third-order valence-corrected chi connectivity index (χ3v) is 5.29. The Labute approximate surface area is 156 Å². The van der Waals surface area contributed by atoms with Gasteiger partial charge in [-0.3, -0.25) is 4.99 Å². The van der Waals surface area contributed by atoms with Crippen LogP contribution in [-0.4, -0.2) is 29.1 Å². The minimum atomic E-state index is 0.245. The zero-order valence-corrected chi connectivity index (χ0v) is 16.2. The molecule has 1 aliphatic carbocycles. The van der Waals surface area contributed by atoms with E-state index in [1.165, 1.54) is 24.8 Å².